The summed E-state index contributed by atoms with van der Waals surface area (Å²) in [4.78, 5) is 2.29. The fraction of sp³-hybridized carbons (Fsp3) is 0.286. The van der Waals surface area contributed by atoms with E-state index < -0.39 is 0 Å². The van der Waals surface area contributed by atoms with E-state index in [0.717, 1.165) is 54.4 Å². The summed E-state index contributed by atoms with van der Waals surface area (Å²) >= 11 is 0. The van der Waals surface area contributed by atoms with Crippen LogP contribution in [0.25, 0.3) is 22.6 Å². The lowest BCUT2D eigenvalue weighted by Crippen LogP contribution is -2.41. The molecule has 0 unspecified atom stereocenters. The Labute approximate surface area is 164 Å². The van der Waals surface area contributed by atoms with Gasteiger partial charge in [0.15, 0.2) is 5.76 Å². The number of aromatic nitrogens is 1. The van der Waals surface area contributed by atoms with Crippen LogP contribution in [0.3, 0.4) is 0 Å². The second kappa shape index (κ2) is 8.22. The van der Waals surface area contributed by atoms with Gasteiger partial charge in [0.05, 0.1) is 31.5 Å². The molecule has 7 heteroatoms. The van der Waals surface area contributed by atoms with Crippen molar-refractivity contribution >= 4 is 5.69 Å². The van der Waals surface area contributed by atoms with Crippen LogP contribution in [0.15, 0.2) is 69.5 Å². The number of hydrogen-bond donors (Lipinski definition) is 0. The molecule has 0 spiro atoms. The standard InChI is InChI=1S/C21H23N5O2/c1-25-11-13-26(14-12-25)24-22-17-9-7-16(8-10-17)19-15-21(28-23-19)18-5-3-4-6-20(18)27-2/h3-10,15H,11-14H2,1-2H3. The number of benzene rings is 2. The zero-order valence-corrected chi connectivity index (χ0v) is 16.1. The number of nitrogens with zero attached hydrogens (tertiary/aromatic N) is 5. The first-order chi connectivity index (χ1) is 13.7. The number of piperazine rings is 1. The summed E-state index contributed by atoms with van der Waals surface area (Å²) in [5, 5.41) is 14.9. The summed E-state index contributed by atoms with van der Waals surface area (Å²) < 4.78 is 10.9. The Morgan fingerprint density at radius 1 is 1.00 bits per heavy atom. The molecule has 0 N–H and O–H groups in total. The van der Waals surface area contributed by atoms with Gasteiger partial charge in [-0.2, -0.15) is 0 Å². The molecular formula is C21H23N5O2. The van der Waals surface area contributed by atoms with E-state index in [1.807, 2.05) is 59.6 Å². The van der Waals surface area contributed by atoms with Crippen molar-refractivity contribution in [2.45, 2.75) is 0 Å². The molecule has 144 valence electrons. The van der Waals surface area contributed by atoms with Crippen LogP contribution in [0.1, 0.15) is 0 Å². The molecule has 7 nitrogen and oxygen atoms in total. The number of hydrogen-bond acceptors (Lipinski definition) is 6. The van der Waals surface area contributed by atoms with Crippen LogP contribution in [0.2, 0.25) is 0 Å². The minimum absolute atomic E-state index is 0.672. The highest BCUT2D eigenvalue weighted by Crippen LogP contribution is 2.32. The average molecular weight is 377 g/mol. The first-order valence-electron chi connectivity index (χ1n) is 9.28. The molecule has 2 heterocycles. The quantitative estimate of drug-likeness (QED) is 0.622. The Morgan fingerprint density at radius 2 is 1.75 bits per heavy atom. The number of likely N-dealkylation sites (N-methyl/N-ethyl adjacent to an activating group) is 1. The van der Waals surface area contributed by atoms with Crippen molar-refractivity contribution < 1.29 is 9.26 Å². The van der Waals surface area contributed by atoms with E-state index in [1.54, 1.807) is 7.11 Å². The molecule has 1 aromatic heterocycles. The van der Waals surface area contributed by atoms with Crippen molar-refractivity contribution in [3.63, 3.8) is 0 Å². The predicted octanol–water partition coefficient (Wildman–Crippen LogP) is 4.26. The number of para-hydroxylation sites is 1. The van der Waals surface area contributed by atoms with E-state index in [1.165, 1.54) is 0 Å². The lowest BCUT2D eigenvalue weighted by Gasteiger charge is -2.29. The molecule has 1 aliphatic rings. The maximum Gasteiger partial charge on any atom is 0.171 e. The fourth-order valence-electron chi connectivity index (χ4n) is 3.09. The zero-order valence-electron chi connectivity index (χ0n) is 16.1. The summed E-state index contributed by atoms with van der Waals surface area (Å²) in [6.07, 6.45) is 0. The fourth-order valence-corrected chi connectivity index (χ4v) is 3.09. The van der Waals surface area contributed by atoms with Crippen LogP contribution in [-0.2, 0) is 0 Å². The SMILES string of the molecule is COc1ccccc1-c1cc(-c2ccc(N=NN3CCN(C)CC3)cc2)no1. The maximum absolute atomic E-state index is 5.53. The average Bonchev–Trinajstić information content (AvgIpc) is 3.24. The molecule has 1 saturated heterocycles. The molecule has 2 aromatic carbocycles. The second-order valence-corrected chi connectivity index (χ2v) is 6.77. The molecule has 1 fully saturated rings. The lowest BCUT2D eigenvalue weighted by atomic mass is 10.1. The van der Waals surface area contributed by atoms with Crippen LogP contribution < -0.4 is 4.74 Å². The van der Waals surface area contributed by atoms with E-state index in [4.69, 9.17) is 9.26 Å². The molecule has 0 bridgehead atoms. The van der Waals surface area contributed by atoms with Gasteiger partial charge >= 0.3 is 0 Å². The molecule has 3 aromatic rings. The molecular weight excluding hydrogens is 354 g/mol. The largest absolute Gasteiger partial charge is 0.496 e. The Balaban J connectivity index is 1.47. The van der Waals surface area contributed by atoms with Crippen molar-refractivity contribution in [1.82, 2.24) is 15.1 Å². The third kappa shape index (κ3) is 4.04. The van der Waals surface area contributed by atoms with Gasteiger partial charge in [-0.1, -0.05) is 34.6 Å². The summed E-state index contributed by atoms with van der Waals surface area (Å²) in [5.74, 6) is 1.43. The topological polar surface area (TPSA) is 66.5 Å². The van der Waals surface area contributed by atoms with Crippen LogP contribution in [0.5, 0.6) is 5.75 Å². The van der Waals surface area contributed by atoms with Gasteiger partial charge in [0.25, 0.3) is 0 Å². The number of ether oxygens (including phenoxy) is 1. The molecule has 1 aliphatic heterocycles. The van der Waals surface area contributed by atoms with Gasteiger partial charge in [0.1, 0.15) is 11.4 Å². The van der Waals surface area contributed by atoms with Crippen LogP contribution in [-0.4, -0.2) is 55.4 Å². The van der Waals surface area contributed by atoms with Crippen molar-refractivity contribution in [3.05, 3.63) is 54.6 Å². The minimum Gasteiger partial charge on any atom is -0.496 e. The minimum atomic E-state index is 0.672. The summed E-state index contributed by atoms with van der Waals surface area (Å²) in [6.45, 7) is 3.84. The van der Waals surface area contributed by atoms with Crippen LogP contribution >= 0.6 is 0 Å². The predicted molar refractivity (Wildman–Crippen MR) is 108 cm³/mol. The first-order valence-corrected chi connectivity index (χ1v) is 9.28. The Morgan fingerprint density at radius 3 is 2.50 bits per heavy atom. The molecule has 0 radical (unpaired) electrons. The first kappa shape index (κ1) is 18.2. The third-order valence-electron chi connectivity index (χ3n) is 4.81. The lowest BCUT2D eigenvalue weighted by molar-refractivity contribution is 0.150. The highest BCUT2D eigenvalue weighted by molar-refractivity contribution is 5.71. The van der Waals surface area contributed by atoms with Gasteiger partial charge in [-0.15, -0.1) is 5.11 Å². The third-order valence-corrected chi connectivity index (χ3v) is 4.81. The molecule has 0 atom stereocenters. The Bertz CT molecular complexity index is 943. The maximum atomic E-state index is 5.53. The Kier molecular flexibility index (Phi) is 5.34. The van der Waals surface area contributed by atoms with Gasteiger partial charge in [0, 0.05) is 24.7 Å². The van der Waals surface area contributed by atoms with Gasteiger partial charge in [-0.3, -0.25) is 5.01 Å². The molecule has 0 amide bonds. The molecule has 4 rings (SSSR count). The molecule has 28 heavy (non-hydrogen) atoms. The van der Waals surface area contributed by atoms with Crippen molar-refractivity contribution in [2.24, 2.45) is 10.3 Å². The van der Waals surface area contributed by atoms with Crippen molar-refractivity contribution in [2.75, 3.05) is 40.3 Å². The van der Waals surface area contributed by atoms with Gasteiger partial charge in [-0.05, 0) is 31.3 Å². The van der Waals surface area contributed by atoms with Crippen LogP contribution in [0.4, 0.5) is 5.69 Å². The second-order valence-electron chi connectivity index (χ2n) is 6.77. The van der Waals surface area contributed by atoms with E-state index in [2.05, 4.69) is 27.4 Å². The van der Waals surface area contributed by atoms with E-state index >= 15 is 0 Å². The van der Waals surface area contributed by atoms with Gasteiger partial charge in [0.2, 0.25) is 0 Å². The highest BCUT2D eigenvalue weighted by Gasteiger charge is 2.13. The van der Waals surface area contributed by atoms with Gasteiger partial charge in [-0.25, -0.2) is 0 Å². The normalized spacial score (nSPS) is 15.3. The zero-order chi connectivity index (χ0) is 19.3. The van der Waals surface area contributed by atoms with Crippen molar-refractivity contribution in [3.8, 4) is 28.3 Å². The monoisotopic (exact) mass is 377 g/mol. The summed E-state index contributed by atoms with van der Waals surface area (Å²) in [6, 6.07) is 17.5. The number of rotatable bonds is 5. The summed E-state index contributed by atoms with van der Waals surface area (Å²) in [5.41, 5.74) is 3.42. The summed E-state index contributed by atoms with van der Waals surface area (Å²) in [7, 11) is 3.77. The van der Waals surface area contributed by atoms with E-state index in [0.29, 0.717) is 5.76 Å². The Hall–Kier alpha value is -3.19. The molecule has 0 aliphatic carbocycles. The van der Waals surface area contributed by atoms with Crippen molar-refractivity contribution in [1.29, 1.82) is 0 Å². The highest BCUT2D eigenvalue weighted by atomic mass is 16.5. The molecule has 0 saturated carbocycles. The smallest absolute Gasteiger partial charge is 0.171 e. The van der Waals surface area contributed by atoms with Crippen LogP contribution in [0, 0.1) is 0 Å². The van der Waals surface area contributed by atoms with E-state index in [9.17, 15) is 0 Å². The van der Waals surface area contributed by atoms with Gasteiger partial charge < -0.3 is 14.2 Å². The van der Waals surface area contributed by atoms with E-state index in [-0.39, 0.29) is 0 Å². The number of methoxy groups -OCH3 is 1.